The van der Waals surface area contributed by atoms with Gasteiger partial charge in [0.05, 0.1) is 11.1 Å². The quantitative estimate of drug-likeness (QED) is 0.804. The minimum absolute atomic E-state index is 0.880. The van der Waals surface area contributed by atoms with Gasteiger partial charge < -0.3 is 9.64 Å². The van der Waals surface area contributed by atoms with E-state index in [0.717, 1.165) is 23.9 Å². The summed E-state index contributed by atoms with van der Waals surface area (Å²) in [6.45, 7) is 5.13. The van der Waals surface area contributed by atoms with E-state index in [4.69, 9.17) is 4.74 Å². The molecular weight excluding hydrogens is 280 g/mol. The molecule has 0 bridgehead atoms. The second kappa shape index (κ2) is 5.74. The third-order valence-corrected chi connectivity index (χ3v) is 4.75. The van der Waals surface area contributed by atoms with Crippen molar-refractivity contribution < 1.29 is 9.30 Å². The van der Waals surface area contributed by atoms with Gasteiger partial charge in [0.1, 0.15) is 7.05 Å². The number of aryl methyl sites for hydroxylation is 1. The minimum atomic E-state index is 0.880. The molecule has 2 aromatic rings. The summed E-state index contributed by atoms with van der Waals surface area (Å²) in [5, 5.41) is 3.38. The first-order chi connectivity index (χ1) is 10.2. The van der Waals surface area contributed by atoms with E-state index in [2.05, 4.69) is 54.0 Å². The van der Waals surface area contributed by atoms with Gasteiger partial charge in [0.2, 0.25) is 5.88 Å². The Morgan fingerprint density at radius 1 is 1.33 bits per heavy atom. The molecule has 1 aliphatic heterocycles. The summed E-state index contributed by atoms with van der Waals surface area (Å²) in [5.74, 6) is 1.81. The molecule has 0 unspecified atom stereocenters. The standard InChI is InChI=1S/C17H19N2OS/c1-4-19-14-8-5-6-9-15(14)20-16(19)10-7-11-17-18(3)13(2)12-21-17/h5-12H,4H2,1-3H3/q+1. The van der Waals surface area contributed by atoms with Crippen LogP contribution < -0.4 is 14.2 Å². The fourth-order valence-corrected chi connectivity index (χ4v) is 3.25. The molecule has 0 spiro atoms. The number of anilines is 1. The third kappa shape index (κ3) is 2.59. The maximum absolute atomic E-state index is 5.92. The van der Waals surface area contributed by atoms with Crippen molar-refractivity contribution in [2.24, 2.45) is 7.05 Å². The SMILES string of the molecule is CCN1C(=CC=Cc2scc(C)[n+]2C)Oc2ccccc21. The van der Waals surface area contributed by atoms with Crippen molar-refractivity contribution in [3.05, 3.63) is 58.4 Å². The van der Waals surface area contributed by atoms with Crippen LogP contribution in [0.1, 0.15) is 17.6 Å². The van der Waals surface area contributed by atoms with Crippen molar-refractivity contribution >= 4 is 23.1 Å². The molecule has 3 rings (SSSR count). The molecule has 0 aliphatic carbocycles. The number of allylic oxidation sites excluding steroid dienone is 2. The molecule has 108 valence electrons. The molecule has 0 N–H and O–H groups in total. The maximum Gasteiger partial charge on any atom is 0.261 e. The zero-order valence-corrected chi connectivity index (χ0v) is 13.4. The van der Waals surface area contributed by atoms with Crippen LogP contribution in [0.15, 0.2) is 47.7 Å². The molecule has 2 heterocycles. The van der Waals surface area contributed by atoms with Gasteiger partial charge in [0, 0.05) is 19.5 Å². The Hall–Kier alpha value is -2.07. The highest BCUT2D eigenvalue weighted by Crippen LogP contribution is 2.38. The van der Waals surface area contributed by atoms with Crippen LogP contribution in [0.5, 0.6) is 5.75 Å². The number of thiazole rings is 1. The van der Waals surface area contributed by atoms with E-state index in [1.807, 2.05) is 24.3 Å². The second-order valence-electron chi connectivity index (χ2n) is 4.95. The molecule has 0 fully saturated rings. The van der Waals surface area contributed by atoms with Gasteiger partial charge in [-0.1, -0.05) is 23.5 Å². The normalized spacial score (nSPS) is 15.8. The summed E-state index contributed by atoms with van der Waals surface area (Å²) in [7, 11) is 2.08. The van der Waals surface area contributed by atoms with Crippen LogP contribution in [0, 0.1) is 6.92 Å². The molecule has 1 aliphatic rings. The number of hydrogen-bond donors (Lipinski definition) is 0. The van der Waals surface area contributed by atoms with Gasteiger partial charge in [-0.2, -0.15) is 4.57 Å². The average molecular weight is 299 g/mol. The molecule has 0 saturated carbocycles. The summed E-state index contributed by atoms with van der Waals surface area (Å²) >= 11 is 1.75. The molecule has 0 amide bonds. The zero-order chi connectivity index (χ0) is 14.8. The predicted octanol–water partition coefficient (Wildman–Crippen LogP) is 3.65. The van der Waals surface area contributed by atoms with Gasteiger partial charge in [-0.15, -0.1) is 0 Å². The lowest BCUT2D eigenvalue weighted by atomic mass is 10.3. The summed E-state index contributed by atoms with van der Waals surface area (Å²) in [5.41, 5.74) is 2.41. The Kier molecular flexibility index (Phi) is 3.80. The van der Waals surface area contributed by atoms with Gasteiger partial charge in [0.15, 0.2) is 11.4 Å². The van der Waals surface area contributed by atoms with E-state index >= 15 is 0 Å². The van der Waals surface area contributed by atoms with Crippen LogP contribution in [0.3, 0.4) is 0 Å². The van der Waals surface area contributed by atoms with Crippen molar-refractivity contribution in [2.75, 3.05) is 11.4 Å². The average Bonchev–Trinajstić information content (AvgIpc) is 3.01. The monoisotopic (exact) mass is 299 g/mol. The van der Waals surface area contributed by atoms with Gasteiger partial charge in [-0.05, 0) is 31.2 Å². The van der Waals surface area contributed by atoms with Gasteiger partial charge >= 0.3 is 0 Å². The minimum Gasteiger partial charge on any atom is -0.439 e. The lowest BCUT2D eigenvalue weighted by Crippen LogP contribution is -2.31. The number of benzene rings is 1. The molecule has 21 heavy (non-hydrogen) atoms. The molecule has 0 atom stereocenters. The van der Waals surface area contributed by atoms with E-state index in [1.165, 1.54) is 10.7 Å². The third-order valence-electron chi connectivity index (χ3n) is 3.64. The Balaban J connectivity index is 1.83. The molecule has 0 saturated heterocycles. The van der Waals surface area contributed by atoms with Crippen molar-refractivity contribution in [1.29, 1.82) is 0 Å². The molecule has 0 radical (unpaired) electrons. The van der Waals surface area contributed by atoms with Crippen LogP contribution in [-0.2, 0) is 7.05 Å². The van der Waals surface area contributed by atoms with Crippen molar-refractivity contribution in [3.8, 4) is 5.75 Å². The first-order valence-electron chi connectivity index (χ1n) is 7.07. The summed E-state index contributed by atoms with van der Waals surface area (Å²) in [4.78, 5) is 2.18. The summed E-state index contributed by atoms with van der Waals surface area (Å²) in [6.07, 6.45) is 6.19. The topological polar surface area (TPSA) is 16.4 Å². The molecule has 4 heteroatoms. The van der Waals surface area contributed by atoms with Gasteiger partial charge in [-0.25, -0.2) is 0 Å². The highest BCUT2D eigenvalue weighted by molar-refractivity contribution is 7.10. The van der Waals surface area contributed by atoms with Crippen LogP contribution in [0.4, 0.5) is 5.69 Å². The molecule has 1 aromatic carbocycles. The van der Waals surface area contributed by atoms with Crippen LogP contribution >= 0.6 is 11.3 Å². The predicted molar refractivity (Wildman–Crippen MR) is 87.4 cm³/mol. The smallest absolute Gasteiger partial charge is 0.261 e. The first-order valence-corrected chi connectivity index (χ1v) is 7.95. The number of para-hydroxylation sites is 2. The number of rotatable bonds is 3. The Morgan fingerprint density at radius 2 is 2.14 bits per heavy atom. The highest BCUT2D eigenvalue weighted by atomic mass is 32.1. The van der Waals surface area contributed by atoms with Crippen molar-refractivity contribution in [3.63, 3.8) is 0 Å². The summed E-state index contributed by atoms with van der Waals surface area (Å²) < 4.78 is 8.10. The van der Waals surface area contributed by atoms with Crippen molar-refractivity contribution in [1.82, 2.24) is 0 Å². The van der Waals surface area contributed by atoms with Gasteiger partial charge in [0.25, 0.3) is 5.01 Å². The number of aromatic nitrogens is 1. The van der Waals surface area contributed by atoms with Crippen LogP contribution in [0.2, 0.25) is 0 Å². The van der Waals surface area contributed by atoms with E-state index in [9.17, 15) is 0 Å². The Bertz CT molecular complexity index is 715. The zero-order valence-electron chi connectivity index (χ0n) is 12.5. The Morgan fingerprint density at radius 3 is 2.86 bits per heavy atom. The van der Waals surface area contributed by atoms with Gasteiger partial charge in [-0.3, -0.25) is 0 Å². The summed E-state index contributed by atoms with van der Waals surface area (Å²) in [6, 6.07) is 8.13. The van der Waals surface area contributed by atoms with E-state index < -0.39 is 0 Å². The number of nitrogens with zero attached hydrogens (tertiary/aromatic N) is 2. The lowest BCUT2D eigenvalue weighted by molar-refractivity contribution is -0.674. The van der Waals surface area contributed by atoms with Crippen LogP contribution in [0.25, 0.3) is 6.08 Å². The number of fused-ring (bicyclic) bond motifs is 1. The highest BCUT2D eigenvalue weighted by Gasteiger charge is 2.23. The molecule has 3 nitrogen and oxygen atoms in total. The second-order valence-corrected chi connectivity index (χ2v) is 5.84. The van der Waals surface area contributed by atoms with E-state index in [-0.39, 0.29) is 0 Å². The fourth-order valence-electron chi connectivity index (χ4n) is 2.34. The number of ether oxygens (including phenoxy) is 1. The molecular formula is C17H19N2OS+. The van der Waals surface area contributed by atoms with E-state index in [0.29, 0.717) is 0 Å². The first kappa shape index (κ1) is 13.9. The van der Waals surface area contributed by atoms with Crippen LogP contribution in [-0.4, -0.2) is 6.54 Å². The fraction of sp³-hybridized carbons (Fsp3) is 0.235. The largest absolute Gasteiger partial charge is 0.439 e. The van der Waals surface area contributed by atoms with E-state index in [1.54, 1.807) is 11.3 Å². The van der Waals surface area contributed by atoms with Crippen molar-refractivity contribution in [2.45, 2.75) is 13.8 Å². The maximum atomic E-state index is 5.92. The molecule has 1 aromatic heterocycles. The number of hydrogen-bond acceptors (Lipinski definition) is 3. The lowest BCUT2D eigenvalue weighted by Gasteiger charge is -2.14. The Labute approximate surface area is 129 Å².